The van der Waals surface area contributed by atoms with Crippen molar-refractivity contribution in [3.63, 3.8) is 0 Å². The smallest absolute Gasteiger partial charge is 0.274 e. The first kappa shape index (κ1) is 13.8. The molecule has 0 saturated carbocycles. The van der Waals surface area contributed by atoms with Gasteiger partial charge in [-0.05, 0) is 32.0 Å². The molecule has 0 aliphatic rings. The minimum atomic E-state index is -0.327. The van der Waals surface area contributed by atoms with Gasteiger partial charge in [0.05, 0.1) is 10.7 Å². The summed E-state index contributed by atoms with van der Waals surface area (Å²) in [5.41, 5.74) is 2.33. The number of benzene rings is 1. The van der Waals surface area contributed by atoms with E-state index in [1.807, 2.05) is 6.92 Å². The van der Waals surface area contributed by atoms with Gasteiger partial charge in [0, 0.05) is 16.3 Å². The quantitative estimate of drug-likeness (QED) is 0.920. The van der Waals surface area contributed by atoms with Gasteiger partial charge in [0.2, 0.25) is 0 Å². The lowest BCUT2D eigenvalue weighted by Crippen LogP contribution is -2.16. The molecule has 0 bridgehead atoms. The first-order valence-corrected chi connectivity index (χ1v) is 6.29. The summed E-state index contributed by atoms with van der Waals surface area (Å²) >= 11 is 11.8. The van der Waals surface area contributed by atoms with Crippen LogP contribution in [0.1, 0.15) is 21.7 Å². The van der Waals surface area contributed by atoms with Crippen molar-refractivity contribution in [3.05, 3.63) is 51.5 Å². The molecular formula is C13H11Cl2N3O. The van der Waals surface area contributed by atoms with Gasteiger partial charge >= 0.3 is 0 Å². The van der Waals surface area contributed by atoms with E-state index in [1.165, 1.54) is 6.33 Å². The number of halogens is 2. The monoisotopic (exact) mass is 295 g/mol. The van der Waals surface area contributed by atoms with E-state index < -0.39 is 0 Å². The number of nitrogens with zero attached hydrogens (tertiary/aromatic N) is 2. The largest absolute Gasteiger partial charge is 0.319 e. The number of hydrogen-bond donors (Lipinski definition) is 1. The zero-order chi connectivity index (χ0) is 14.0. The van der Waals surface area contributed by atoms with Crippen molar-refractivity contribution < 1.29 is 4.79 Å². The van der Waals surface area contributed by atoms with Crippen molar-refractivity contribution in [2.24, 2.45) is 0 Å². The highest BCUT2D eigenvalue weighted by molar-refractivity contribution is 6.36. The molecule has 0 spiro atoms. The third kappa shape index (κ3) is 3.03. The summed E-state index contributed by atoms with van der Waals surface area (Å²) in [6, 6.07) is 4.86. The standard InChI is InChI=1S/C13H11Cl2N3O/c1-7-8(2)16-6-17-12(7)13(19)18-11-4-3-9(14)5-10(11)15/h3-6H,1-2H3,(H,18,19). The van der Waals surface area contributed by atoms with Crippen LogP contribution in [0, 0.1) is 13.8 Å². The van der Waals surface area contributed by atoms with E-state index >= 15 is 0 Å². The van der Waals surface area contributed by atoms with Crippen molar-refractivity contribution in [1.82, 2.24) is 9.97 Å². The zero-order valence-corrected chi connectivity index (χ0v) is 11.9. The molecule has 98 valence electrons. The normalized spacial score (nSPS) is 10.3. The summed E-state index contributed by atoms with van der Waals surface area (Å²) in [7, 11) is 0. The maximum atomic E-state index is 12.1. The maximum absolute atomic E-state index is 12.1. The minimum absolute atomic E-state index is 0.327. The number of rotatable bonds is 2. The molecule has 0 aliphatic heterocycles. The van der Waals surface area contributed by atoms with Crippen LogP contribution in [-0.2, 0) is 0 Å². The van der Waals surface area contributed by atoms with E-state index in [0.717, 1.165) is 11.3 Å². The fourth-order valence-electron chi connectivity index (χ4n) is 1.54. The van der Waals surface area contributed by atoms with Gasteiger partial charge in [0.15, 0.2) is 0 Å². The van der Waals surface area contributed by atoms with Gasteiger partial charge in [-0.1, -0.05) is 23.2 Å². The van der Waals surface area contributed by atoms with Crippen LogP contribution in [0.2, 0.25) is 10.0 Å². The van der Waals surface area contributed by atoms with Crippen molar-refractivity contribution in [1.29, 1.82) is 0 Å². The number of carbonyl (C=O) groups excluding carboxylic acids is 1. The van der Waals surface area contributed by atoms with Crippen molar-refractivity contribution in [2.45, 2.75) is 13.8 Å². The van der Waals surface area contributed by atoms with Crippen LogP contribution in [0.15, 0.2) is 24.5 Å². The lowest BCUT2D eigenvalue weighted by atomic mass is 10.2. The van der Waals surface area contributed by atoms with Crippen LogP contribution >= 0.6 is 23.2 Å². The Morgan fingerprint density at radius 2 is 1.95 bits per heavy atom. The van der Waals surface area contributed by atoms with E-state index in [0.29, 0.717) is 21.4 Å². The second-order valence-electron chi connectivity index (χ2n) is 4.01. The molecule has 1 N–H and O–H groups in total. The Bertz CT molecular complexity index is 644. The molecule has 2 rings (SSSR count). The Kier molecular flexibility index (Phi) is 4.02. The number of amides is 1. The van der Waals surface area contributed by atoms with Crippen molar-refractivity contribution >= 4 is 34.8 Å². The highest BCUT2D eigenvalue weighted by atomic mass is 35.5. The molecule has 6 heteroatoms. The lowest BCUT2D eigenvalue weighted by Gasteiger charge is -2.09. The molecule has 19 heavy (non-hydrogen) atoms. The average Bonchev–Trinajstić information content (AvgIpc) is 2.36. The van der Waals surface area contributed by atoms with Crippen LogP contribution in [-0.4, -0.2) is 15.9 Å². The van der Waals surface area contributed by atoms with Gasteiger partial charge in [-0.3, -0.25) is 4.79 Å². The van der Waals surface area contributed by atoms with Crippen LogP contribution in [0.4, 0.5) is 5.69 Å². The Labute approximate surface area is 120 Å². The molecule has 1 heterocycles. The predicted octanol–water partition coefficient (Wildman–Crippen LogP) is 3.65. The van der Waals surface area contributed by atoms with Gasteiger partial charge in [0.1, 0.15) is 12.0 Å². The molecule has 0 saturated heterocycles. The summed E-state index contributed by atoms with van der Waals surface area (Å²) < 4.78 is 0. The third-order valence-corrected chi connectivity index (χ3v) is 3.28. The molecule has 1 aromatic heterocycles. The van der Waals surface area contributed by atoms with E-state index in [1.54, 1.807) is 25.1 Å². The van der Waals surface area contributed by atoms with E-state index in [4.69, 9.17) is 23.2 Å². The summed E-state index contributed by atoms with van der Waals surface area (Å²) in [6.07, 6.45) is 1.36. The lowest BCUT2D eigenvalue weighted by molar-refractivity contribution is 0.102. The maximum Gasteiger partial charge on any atom is 0.274 e. The first-order chi connectivity index (χ1) is 8.99. The third-order valence-electron chi connectivity index (χ3n) is 2.73. The Morgan fingerprint density at radius 1 is 1.21 bits per heavy atom. The Morgan fingerprint density at radius 3 is 2.63 bits per heavy atom. The number of nitrogens with one attached hydrogen (secondary N) is 1. The molecule has 1 amide bonds. The number of carbonyl (C=O) groups is 1. The first-order valence-electron chi connectivity index (χ1n) is 5.53. The van der Waals surface area contributed by atoms with E-state index in [-0.39, 0.29) is 5.91 Å². The van der Waals surface area contributed by atoms with Gasteiger partial charge in [-0.2, -0.15) is 0 Å². The topological polar surface area (TPSA) is 54.9 Å². The van der Waals surface area contributed by atoms with Crippen molar-refractivity contribution in [3.8, 4) is 0 Å². The molecule has 1 aromatic carbocycles. The summed E-state index contributed by atoms with van der Waals surface area (Å²) in [6.45, 7) is 3.62. The van der Waals surface area contributed by atoms with Crippen molar-refractivity contribution in [2.75, 3.05) is 5.32 Å². The molecule has 0 radical (unpaired) electrons. The highest BCUT2D eigenvalue weighted by Crippen LogP contribution is 2.25. The fraction of sp³-hybridized carbons (Fsp3) is 0.154. The van der Waals surface area contributed by atoms with E-state index in [2.05, 4.69) is 15.3 Å². The summed E-state index contributed by atoms with van der Waals surface area (Å²) in [5, 5.41) is 3.59. The second-order valence-corrected chi connectivity index (χ2v) is 4.85. The number of aryl methyl sites for hydroxylation is 1. The van der Waals surface area contributed by atoms with Gasteiger partial charge < -0.3 is 5.32 Å². The van der Waals surface area contributed by atoms with Crippen LogP contribution < -0.4 is 5.32 Å². The van der Waals surface area contributed by atoms with Gasteiger partial charge in [-0.25, -0.2) is 9.97 Å². The minimum Gasteiger partial charge on any atom is -0.319 e. The number of hydrogen-bond acceptors (Lipinski definition) is 3. The SMILES string of the molecule is Cc1ncnc(C(=O)Nc2ccc(Cl)cc2Cl)c1C. The van der Waals surface area contributed by atoms with Crippen LogP contribution in [0.25, 0.3) is 0 Å². The summed E-state index contributed by atoms with van der Waals surface area (Å²) in [4.78, 5) is 20.1. The predicted molar refractivity (Wildman–Crippen MR) is 75.9 cm³/mol. The van der Waals surface area contributed by atoms with Gasteiger partial charge in [-0.15, -0.1) is 0 Å². The molecular weight excluding hydrogens is 285 g/mol. The molecule has 0 aliphatic carbocycles. The van der Waals surface area contributed by atoms with Gasteiger partial charge in [0.25, 0.3) is 5.91 Å². The molecule has 0 atom stereocenters. The summed E-state index contributed by atoms with van der Waals surface area (Å²) in [5.74, 6) is -0.327. The fourth-order valence-corrected chi connectivity index (χ4v) is 2.00. The molecule has 4 nitrogen and oxygen atoms in total. The Balaban J connectivity index is 2.28. The average molecular weight is 296 g/mol. The molecule has 0 fully saturated rings. The molecule has 0 unspecified atom stereocenters. The number of aromatic nitrogens is 2. The van der Waals surface area contributed by atoms with E-state index in [9.17, 15) is 4.79 Å². The van der Waals surface area contributed by atoms with Crippen LogP contribution in [0.3, 0.4) is 0 Å². The highest BCUT2D eigenvalue weighted by Gasteiger charge is 2.14. The zero-order valence-electron chi connectivity index (χ0n) is 10.4. The second kappa shape index (κ2) is 5.55. The molecule has 2 aromatic rings. The number of anilines is 1. The Hall–Kier alpha value is -1.65. The van der Waals surface area contributed by atoms with Crippen LogP contribution in [0.5, 0.6) is 0 Å².